The predicted molar refractivity (Wildman–Crippen MR) is 68.9 cm³/mol. The molecule has 0 unspecified atom stereocenters. The van der Waals surface area contributed by atoms with Crippen LogP contribution in [0.3, 0.4) is 0 Å². The van der Waals surface area contributed by atoms with E-state index in [1.165, 1.54) is 17.3 Å². The van der Waals surface area contributed by atoms with Crippen LogP contribution >= 0.6 is 0 Å². The Morgan fingerprint density at radius 1 is 1.25 bits per heavy atom. The lowest BCUT2D eigenvalue weighted by Gasteiger charge is -2.08. The number of nitrogen functional groups attached to an aromatic ring is 1. The Morgan fingerprint density at radius 3 is 2.80 bits per heavy atom. The van der Waals surface area contributed by atoms with Crippen molar-refractivity contribution in [1.82, 2.24) is 29.7 Å². The van der Waals surface area contributed by atoms with Gasteiger partial charge in [0.2, 0.25) is 11.9 Å². The number of aliphatic hydroxyl groups is 1. The summed E-state index contributed by atoms with van der Waals surface area (Å²) in [5, 5.41) is 15.5. The summed E-state index contributed by atoms with van der Waals surface area (Å²) in [5.74, 6) is 6.11. The molecule has 20 heavy (non-hydrogen) atoms. The topological polar surface area (TPSA) is 149 Å². The van der Waals surface area contributed by atoms with Crippen molar-refractivity contribution in [3.8, 4) is 5.95 Å². The number of nitrogens with two attached hydrogens (primary N) is 1. The molecular weight excluding hydrogens is 266 g/mol. The Hall–Kier alpha value is -2.37. The van der Waals surface area contributed by atoms with Crippen molar-refractivity contribution in [1.29, 1.82) is 0 Å². The summed E-state index contributed by atoms with van der Waals surface area (Å²) in [6, 6.07) is 0. The second kappa shape index (κ2) is 7.28. The van der Waals surface area contributed by atoms with Crippen LogP contribution in [0.5, 0.6) is 0 Å². The normalized spacial score (nSPS) is 10.5. The zero-order valence-electron chi connectivity index (χ0n) is 10.6. The fraction of sp³-hybridized carbons (Fsp3) is 0.444. The number of ether oxygens (including phenoxy) is 1. The second-order valence-corrected chi connectivity index (χ2v) is 3.53. The molecule has 2 aromatic rings. The highest BCUT2D eigenvalue weighted by atomic mass is 16.5. The lowest BCUT2D eigenvalue weighted by molar-refractivity contribution is 0.0991. The molecule has 2 heterocycles. The van der Waals surface area contributed by atoms with Crippen LogP contribution in [0.15, 0.2) is 12.7 Å². The van der Waals surface area contributed by atoms with E-state index < -0.39 is 0 Å². The maximum absolute atomic E-state index is 8.58. The summed E-state index contributed by atoms with van der Waals surface area (Å²) in [6.45, 7) is 1.17. The Labute approximate surface area is 114 Å². The van der Waals surface area contributed by atoms with Gasteiger partial charge in [0.25, 0.3) is 5.95 Å². The number of hydrogen-bond donors (Lipinski definition) is 4. The van der Waals surface area contributed by atoms with Gasteiger partial charge in [0, 0.05) is 6.54 Å². The van der Waals surface area contributed by atoms with Crippen molar-refractivity contribution >= 4 is 11.9 Å². The molecule has 2 aromatic heterocycles. The summed E-state index contributed by atoms with van der Waals surface area (Å²) < 4.78 is 6.50. The number of nitrogens with one attached hydrogen (secondary N) is 2. The standard InChI is InChI=1S/C9H15N9O2/c10-17-8-14-7(12-1-3-20-4-2-19)15-9(16-8)18-6-11-5-13-18/h5-6,19H,1-4,10H2,(H2,12,14,15,16,17). The Kier molecular flexibility index (Phi) is 5.11. The van der Waals surface area contributed by atoms with E-state index >= 15 is 0 Å². The first-order valence-corrected chi connectivity index (χ1v) is 5.83. The van der Waals surface area contributed by atoms with Gasteiger partial charge in [-0.15, -0.1) is 0 Å². The van der Waals surface area contributed by atoms with Crippen LogP contribution in [0.1, 0.15) is 0 Å². The fourth-order valence-electron chi connectivity index (χ4n) is 1.32. The van der Waals surface area contributed by atoms with Gasteiger partial charge in [0.15, 0.2) is 0 Å². The molecule has 0 aliphatic carbocycles. The average Bonchev–Trinajstić information content (AvgIpc) is 3.01. The number of hydrazine groups is 1. The first kappa shape index (κ1) is 14.0. The zero-order chi connectivity index (χ0) is 14.2. The largest absolute Gasteiger partial charge is 0.394 e. The molecular formula is C9H15N9O2. The van der Waals surface area contributed by atoms with Crippen LogP contribution in [0, 0.1) is 0 Å². The molecule has 0 fully saturated rings. The van der Waals surface area contributed by atoms with Crippen LogP contribution in [0.25, 0.3) is 5.95 Å². The van der Waals surface area contributed by atoms with Gasteiger partial charge in [-0.05, 0) is 0 Å². The minimum absolute atomic E-state index is 0.0105. The van der Waals surface area contributed by atoms with Crippen molar-refractivity contribution in [3.63, 3.8) is 0 Å². The Bertz CT molecular complexity index is 518. The van der Waals surface area contributed by atoms with E-state index in [4.69, 9.17) is 15.7 Å². The maximum Gasteiger partial charge on any atom is 0.258 e. The van der Waals surface area contributed by atoms with Gasteiger partial charge in [0.1, 0.15) is 12.7 Å². The quantitative estimate of drug-likeness (QED) is 0.247. The SMILES string of the molecule is NNc1nc(NCCOCCO)nc(-n2cncn2)n1. The molecule has 2 rings (SSSR count). The van der Waals surface area contributed by atoms with Crippen LogP contribution in [0.2, 0.25) is 0 Å². The molecule has 0 amide bonds. The number of anilines is 2. The maximum atomic E-state index is 8.58. The highest BCUT2D eigenvalue weighted by molar-refractivity contribution is 5.36. The van der Waals surface area contributed by atoms with Gasteiger partial charge in [-0.25, -0.2) is 10.8 Å². The summed E-state index contributed by atoms with van der Waals surface area (Å²) in [7, 11) is 0. The summed E-state index contributed by atoms with van der Waals surface area (Å²) in [4.78, 5) is 16.1. The van der Waals surface area contributed by atoms with E-state index in [9.17, 15) is 0 Å². The van der Waals surface area contributed by atoms with Gasteiger partial charge in [-0.3, -0.25) is 5.43 Å². The third kappa shape index (κ3) is 3.81. The molecule has 0 aliphatic heterocycles. The summed E-state index contributed by atoms with van der Waals surface area (Å²) in [6.07, 6.45) is 2.83. The van der Waals surface area contributed by atoms with Gasteiger partial charge < -0.3 is 15.2 Å². The number of aliphatic hydroxyl groups excluding tert-OH is 1. The Balaban J connectivity index is 2.03. The van der Waals surface area contributed by atoms with Gasteiger partial charge in [-0.2, -0.15) is 24.7 Å². The fourth-order valence-corrected chi connectivity index (χ4v) is 1.32. The zero-order valence-corrected chi connectivity index (χ0v) is 10.6. The van der Waals surface area contributed by atoms with Crippen molar-refractivity contribution in [2.75, 3.05) is 37.1 Å². The molecule has 0 aliphatic rings. The smallest absolute Gasteiger partial charge is 0.258 e. The first-order valence-electron chi connectivity index (χ1n) is 5.83. The second-order valence-electron chi connectivity index (χ2n) is 3.53. The lowest BCUT2D eigenvalue weighted by atomic mass is 10.6. The van der Waals surface area contributed by atoms with Gasteiger partial charge in [0.05, 0.1) is 19.8 Å². The summed E-state index contributed by atoms with van der Waals surface area (Å²) >= 11 is 0. The number of aromatic nitrogens is 6. The number of hydrogen-bond acceptors (Lipinski definition) is 10. The van der Waals surface area contributed by atoms with Crippen molar-refractivity contribution in [2.45, 2.75) is 0 Å². The van der Waals surface area contributed by atoms with E-state index in [-0.39, 0.29) is 18.5 Å². The molecule has 0 saturated heterocycles. The minimum Gasteiger partial charge on any atom is -0.394 e. The molecule has 0 atom stereocenters. The van der Waals surface area contributed by atoms with Crippen LogP contribution in [0.4, 0.5) is 11.9 Å². The number of nitrogens with zero attached hydrogens (tertiary/aromatic N) is 6. The van der Waals surface area contributed by atoms with E-state index in [0.717, 1.165) is 0 Å². The van der Waals surface area contributed by atoms with Gasteiger partial charge >= 0.3 is 0 Å². The molecule has 0 radical (unpaired) electrons. The van der Waals surface area contributed by atoms with Crippen molar-refractivity contribution in [2.24, 2.45) is 5.84 Å². The first-order chi connectivity index (χ1) is 9.83. The molecule has 11 heteroatoms. The molecule has 0 saturated carbocycles. The monoisotopic (exact) mass is 281 g/mol. The van der Waals surface area contributed by atoms with E-state index in [1.807, 2.05) is 0 Å². The molecule has 11 nitrogen and oxygen atoms in total. The highest BCUT2D eigenvalue weighted by Gasteiger charge is 2.07. The Morgan fingerprint density at radius 2 is 2.10 bits per heavy atom. The third-order valence-corrected chi connectivity index (χ3v) is 2.14. The molecule has 0 bridgehead atoms. The lowest BCUT2D eigenvalue weighted by Crippen LogP contribution is -2.18. The average molecular weight is 281 g/mol. The van der Waals surface area contributed by atoms with Crippen LogP contribution < -0.4 is 16.6 Å². The van der Waals surface area contributed by atoms with Crippen molar-refractivity contribution in [3.05, 3.63) is 12.7 Å². The summed E-state index contributed by atoms with van der Waals surface area (Å²) in [5.41, 5.74) is 2.35. The predicted octanol–water partition coefficient (Wildman–Crippen LogP) is -1.84. The van der Waals surface area contributed by atoms with E-state index in [0.29, 0.717) is 25.7 Å². The molecule has 5 N–H and O–H groups in total. The molecule has 0 aromatic carbocycles. The van der Waals surface area contributed by atoms with Crippen LogP contribution in [-0.4, -0.2) is 61.2 Å². The van der Waals surface area contributed by atoms with Crippen LogP contribution in [-0.2, 0) is 4.74 Å². The van der Waals surface area contributed by atoms with Crippen molar-refractivity contribution < 1.29 is 9.84 Å². The third-order valence-electron chi connectivity index (χ3n) is 2.14. The number of rotatable bonds is 8. The highest BCUT2D eigenvalue weighted by Crippen LogP contribution is 2.06. The van der Waals surface area contributed by atoms with E-state index in [1.54, 1.807) is 0 Å². The van der Waals surface area contributed by atoms with E-state index in [2.05, 4.69) is 35.8 Å². The minimum atomic E-state index is -0.0105. The molecule has 0 spiro atoms. The molecule has 108 valence electrons. The van der Waals surface area contributed by atoms with Gasteiger partial charge in [-0.1, -0.05) is 0 Å².